The van der Waals surface area contributed by atoms with Crippen LogP contribution in [-0.4, -0.2) is 34.6 Å². The topological polar surface area (TPSA) is 93.5 Å². The Kier molecular flexibility index (Phi) is 7.50. The number of aromatic nitrogens is 3. The van der Waals surface area contributed by atoms with Crippen LogP contribution in [-0.2, 0) is 0 Å². The van der Waals surface area contributed by atoms with E-state index in [0.717, 1.165) is 0 Å². The number of ether oxygens (including phenoxy) is 2. The number of nitrogens with one attached hydrogen (secondary N) is 2. The van der Waals surface area contributed by atoms with Crippen LogP contribution in [0.15, 0.2) is 77.9 Å². The van der Waals surface area contributed by atoms with Gasteiger partial charge in [0.05, 0.1) is 13.3 Å². The van der Waals surface area contributed by atoms with Crippen molar-refractivity contribution < 1.29 is 22.6 Å². The minimum Gasteiger partial charge on any atom is -0.497 e. The zero-order valence-corrected chi connectivity index (χ0v) is 19.4. The second kappa shape index (κ2) is 10.9. The van der Waals surface area contributed by atoms with Crippen molar-refractivity contribution in [1.82, 2.24) is 15.0 Å². The lowest BCUT2D eigenvalue weighted by Crippen LogP contribution is -2.17. The average Bonchev–Trinajstić information content (AvgIpc) is 2.85. The molecule has 0 aliphatic carbocycles. The van der Waals surface area contributed by atoms with Gasteiger partial charge in [-0.2, -0.15) is 20.1 Å². The summed E-state index contributed by atoms with van der Waals surface area (Å²) < 4.78 is 46.1. The van der Waals surface area contributed by atoms with Crippen molar-refractivity contribution in [2.75, 3.05) is 17.9 Å². The first kappa shape index (κ1) is 24.7. The standard InChI is InChI=1S/C24H18ClF3N6O2/c1-35-20-4-2-3-16(13-20)21-31-22(30-18-9-7-17(25)8-10-18)33-23(32-21)34-29-14-15-5-11-19(12-6-15)36-24(26,27)28/h2-14H,1H3,(H2,30,31,32,33,34). The molecular formula is C24H18ClF3N6O2. The van der Waals surface area contributed by atoms with Gasteiger partial charge in [-0.1, -0.05) is 23.7 Å². The van der Waals surface area contributed by atoms with Crippen LogP contribution in [0.4, 0.5) is 30.8 Å². The summed E-state index contributed by atoms with van der Waals surface area (Å²) in [6.45, 7) is 0. The molecule has 0 aliphatic heterocycles. The van der Waals surface area contributed by atoms with Gasteiger partial charge in [0.15, 0.2) is 5.82 Å². The molecule has 0 saturated carbocycles. The van der Waals surface area contributed by atoms with E-state index in [-0.39, 0.29) is 17.6 Å². The fourth-order valence-corrected chi connectivity index (χ4v) is 3.08. The van der Waals surface area contributed by atoms with Crippen molar-refractivity contribution in [3.63, 3.8) is 0 Å². The second-order valence-corrected chi connectivity index (χ2v) is 7.59. The smallest absolute Gasteiger partial charge is 0.497 e. The number of anilines is 3. The molecule has 3 aromatic carbocycles. The summed E-state index contributed by atoms with van der Waals surface area (Å²) in [6.07, 6.45) is -3.35. The molecule has 0 fully saturated rings. The van der Waals surface area contributed by atoms with Crippen molar-refractivity contribution in [2.45, 2.75) is 6.36 Å². The molecule has 0 atom stereocenters. The fourth-order valence-electron chi connectivity index (χ4n) is 2.96. The molecule has 1 aromatic heterocycles. The van der Waals surface area contributed by atoms with Crippen LogP contribution in [0.5, 0.6) is 11.5 Å². The van der Waals surface area contributed by atoms with Gasteiger partial charge in [0.25, 0.3) is 0 Å². The molecular weight excluding hydrogens is 497 g/mol. The molecule has 184 valence electrons. The van der Waals surface area contributed by atoms with Crippen molar-refractivity contribution in [3.05, 3.63) is 83.4 Å². The summed E-state index contributed by atoms with van der Waals surface area (Å²) in [5, 5.41) is 7.76. The molecule has 0 spiro atoms. The highest BCUT2D eigenvalue weighted by molar-refractivity contribution is 6.30. The van der Waals surface area contributed by atoms with Crippen molar-refractivity contribution in [3.8, 4) is 22.9 Å². The van der Waals surface area contributed by atoms with Crippen LogP contribution in [0, 0.1) is 0 Å². The fraction of sp³-hybridized carbons (Fsp3) is 0.0833. The average molecular weight is 515 g/mol. The number of halogens is 4. The number of rotatable bonds is 8. The van der Waals surface area contributed by atoms with Gasteiger partial charge in [0.1, 0.15) is 11.5 Å². The summed E-state index contributed by atoms with van der Waals surface area (Å²) in [6, 6.07) is 19.4. The number of hydrogen-bond donors (Lipinski definition) is 2. The zero-order valence-electron chi connectivity index (χ0n) is 18.6. The molecule has 2 N–H and O–H groups in total. The molecule has 4 rings (SSSR count). The number of benzene rings is 3. The lowest BCUT2D eigenvalue weighted by molar-refractivity contribution is -0.274. The molecule has 36 heavy (non-hydrogen) atoms. The summed E-state index contributed by atoms with van der Waals surface area (Å²) in [5.74, 6) is 1.03. The Hall–Kier alpha value is -4.38. The van der Waals surface area contributed by atoms with Crippen LogP contribution in [0.2, 0.25) is 5.02 Å². The number of nitrogens with zero attached hydrogens (tertiary/aromatic N) is 4. The lowest BCUT2D eigenvalue weighted by Gasteiger charge is -2.10. The minimum absolute atomic E-state index is 0.132. The van der Waals surface area contributed by atoms with Gasteiger partial charge >= 0.3 is 6.36 Å². The molecule has 0 amide bonds. The zero-order chi connectivity index (χ0) is 25.5. The van der Waals surface area contributed by atoms with Gasteiger partial charge in [0, 0.05) is 16.3 Å². The summed E-state index contributed by atoms with van der Waals surface area (Å²) >= 11 is 5.95. The first-order chi connectivity index (χ1) is 17.3. The Morgan fingerprint density at radius 2 is 1.61 bits per heavy atom. The van der Waals surface area contributed by atoms with Crippen molar-refractivity contribution >= 4 is 35.4 Å². The molecule has 8 nitrogen and oxygen atoms in total. The highest BCUT2D eigenvalue weighted by atomic mass is 35.5. The van der Waals surface area contributed by atoms with Gasteiger partial charge in [-0.25, -0.2) is 5.43 Å². The van der Waals surface area contributed by atoms with Crippen LogP contribution >= 0.6 is 11.6 Å². The van der Waals surface area contributed by atoms with Crippen LogP contribution < -0.4 is 20.2 Å². The van der Waals surface area contributed by atoms with Gasteiger partial charge in [-0.3, -0.25) is 0 Å². The van der Waals surface area contributed by atoms with E-state index in [9.17, 15) is 13.2 Å². The third kappa shape index (κ3) is 7.06. The van der Waals surface area contributed by atoms with Gasteiger partial charge in [0.2, 0.25) is 11.9 Å². The predicted octanol–water partition coefficient (Wildman–Crippen LogP) is 6.29. The van der Waals surface area contributed by atoms with E-state index in [2.05, 4.69) is 35.5 Å². The van der Waals surface area contributed by atoms with E-state index >= 15 is 0 Å². The van der Waals surface area contributed by atoms with Gasteiger partial charge in [-0.05, 0) is 66.2 Å². The molecule has 0 saturated heterocycles. The Morgan fingerprint density at radius 1 is 0.889 bits per heavy atom. The van der Waals surface area contributed by atoms with E-state index in [1.807, 2.05) is 12.1 Å². The van der Waals surface area contributed by atoms with Crippen molar-refractivity contribution in [2.24, 2.45) is 5.10 Å². The third-order valence-corrected chi connectivity index (χ3v) is 4.81. The maximum Gasteiger partial charge on any atom is 0.573 e. The quantitative estimate of drug-likeness (QED) is 0.211. The normalized spacial score (nSPS) is 11.4. The highest BCUT2D eigenvalue weighted by Gasteiger charge is 2.30. The first-order valence-corrected chi connectivity index (χ1v) is 10.7. The molecule has 0 bridgehead atoms. The Labute approximate surface area is 208 Å². The highest BCUT2D eigenvalue weighted by Crippen LogP contribution is 2.25. The number of methoxy groups -OCH3 is 1. The molecule has 12 heteroatoms. The van der Waals surface area contributed by atoms with Gasteiger partial charge < -0.3 is 14.8 Å². The minimum atomic E-state index is -4.76. The first-order valence-electron chi connectivity index (χ1n) is 10.4. The largest absolute Gasteiger partial charge is 0.573 e. The number of hydrogen-bond acceptors (Lipinski definition) is 8. The number of hydrazone groups is 1. The number of alkyl halides is 3. The Balaban J connectivity index is 1.57. The van der Waals surface area contributed by atoms with Crippen LogP contribution in [0.1, 0.15) is 5.56 Å². The van der Waals surface area contributed by atoms with E-state index in [1.165, 1.54) is 30.5 Å². The molecule has 0 unspecified atom stereocenters. The summed E-state index contributed by atoms with van der Waals surface area (Å²) in [4.78, 5) is 13.2. The third-order valence-electron chi connectivity index (χ3n) is 4.56. The molecule has 0 radical (unpaired) electrons. The monoisotopic (exact) mass is 514 g/mol. The summed E-state index contributed by atoms with van der Waals surface area (Å²) in [5.41, 5.74) is 4.64. The lowest BCUT2D eigenvalue weighted by atomic mass is 10.2. The molecule has 4 aromatic rings. The second-order valence-electron chi connectivity index (χ2n) is 7.16. The van der Waals surface area contributed by atoms with E-state index < -0.39 is 6.36 Å². The van der Waals surface area contributed by atoms with E-state index in [1.54, 1.807) is 43.5 Å². The predicted molar refractivity (Wildman–Crippen MR) is 131 cm³/mol. The maximum absolute atomic E-state index is 12.3. The van der Waals surface area contributed by atoms with Gasteiger partial charge in [-0.15, -0.1) is 13.2 Å². The molecule has 0 aliphatic rings. The Bertz CT molecular complexity index is 1350. The summed E-state index contributed by atoms with van der Waals surface area (Å²) in [7, 11) is 1.56. The van der Waals surface area contributed by atoms with Crippen molar-refractivity contribution in [1.29, 1.82) is 0 Å². The molecule has 1 heterocycles. The van der Waals surface area contributed by atoms with E-state index in [0.29, 0.717) is 33.4 Å². The maximum atomic E-state index is 12.3. The van der Waals surface area contributed by atoms with Crippen LogP contribution in [0.3, 0.4) is 0 Å². The van der Waals surface area contributed by atoms with Crippen LogP contribution in [0.25, 0.3) is 11.4 Å². The SMILES string of the molecule is COc1cccc(-c2nc(NN=Cc3ccc(OC(F)(F)F)cc3)nc(Nc3ccc(Cl)cc3)n2)c1. The Morgan fingerprint density at radius 3 is 2.31 bits per heavy atom. The van der Waals surface area contributed by atoms with E-state index in [4.69, 9.17) is 16.3 Å².